The molecule has 1 atom stereocenters. The Morgan fingerprint density at radius 3 is 2.64 bits per heavy atom. The predicted octanol–water partition coefficient (Wildman–Crippen LogP) is 2.96. The van der Waals surface area contributed by atoms with Crippen LogP contribution in [0.15, 0.2) is 18.5 Å². The van der Waals surface area contributed by atoms with Crippen molar-refractivity contribution in [2.75, 3.05) is 13.1 Å². The van der Waals surface area contributed by atoms with Gasteiger partial charge in [0, 0.05) is 37.9 Å². The van der Waals surface area contributed by atoms with E-state index < -0.39 is 0 Å². The van der Waals surface area contributed by atoms with Gasteiger partial charge in [-0.2, -0.15) is 5.10 Å². The van der Waals surface area contributed by atoms with Crippen LogP contribution in [0.3, 0.4) is 0 Å². The maximum Gasteiger partial charge on any atom is 0.154 e. The first-order valence-electron chi connectivity index (χ1n) is 9.91. The Morgan fingerprint density at radius 2 is 1.88 bits per heavy atom. The van der Waals surface area contributed by atoms with Crippen LogP contribution in [0.25, 0.3) is 0 Å². The Bertz CT molecular complexity index is 654. The third kappa shape index (κ3) is 3.78. The second kappa shape index (κ2) is 7.68. The van der Waals surface area contributed by atoms with Crippen molar-refractivity contribution in [2.24, 2.45) is 7.05 Å². The van der Waals surface area contributed by atoms with E-state index in [1.54, 1.807) is 0 Å². The summed E-state index contributed by atoms with van der Waals surface area (Å²) >= 11 is 0. The first kappa shape index (κ1) is 16.8. The van der Waals surface area contributed by atoms with Crippen molar-refractivity contribution in [2.45, 2.75) is 69.9 Å². The minimum absolute atomic E-state index is 0.515. The SMILES string of the molecule is Cn1c(Cn2cccn2)nnc1C1CCCN(C2CCCCCC2)C1. The molecule has 1 saturated heterocycles. The number of piperidine rings is 1. The van der Waals surface area contributed by atoms with E-state index in [9.17, 15) is 0 Å². The summed E-state index contributed by atoms with van der Waals surface area (Å²) in [6.07, 6.45) is 14.7. The van der Waals surface area contributed by atoms with Gasteiger partial charge in [0.25, 0.3) is 0 Å². The van der Waals surface area contributed by atoms with Crippen LogP contribution in [0, 0.1) is 0 Å². The molecule has 3 heterocycles. The number of hydrogen-bond donors (Lipinski definition) is 0. The first-order valence-corrected chi connectivity index (χ1v) is 9.91. The van der Waals surface area contributed by atoms with Crippen LogP contribution in [0.4, 0.5) is 0 Å². The van der Waals surface area contributed by atoms with E-state index in [1.807, 2.05) is 23.1 Å². The van der Waals surface area contributed by atoms with Gasteiger partial charge in [-0.15, -0.1) is 10.2 Å². The summed E-state index contributed by atoms with van der Waals surface area (Å²) in [6, 6.07) is 2.74. The lowest BCUT2D eigenvalue weighted by Gasteiger charge is -2.37. The smallest absolute Gasteiger partial charge is 0.154 e. The van der Waals surface area contributed by atoms with Crippen molar-refractivity contribution in [1.29, 1.82) is 0 Å². The van der Waals surface area contributed by atoms with Gasteiger partial charge in [-0.3, -0.25) is 9.58 Å². The first-order chi connectivity index (χ1) is 12.3. The lowest BCUT2D eigenvalue weighted by Crippen LogP contribution is -2.42. The molecule has 0 spiro atoms. The average Bonchev–Trinajstić information content (AvgIpc) is 3.18. The molecule has 2 fully saturated rings. The second-order valence-electron chi connectivity index (χ2n) is 7.72. The number of nitrogens with zero attached hydrogens (tertiary/aromatic N) is 6. The van der Waals surface area contributed by atoms with Gasteiger partial charge in [0.15, 0.2) is 5.82 Å². The highest BCUT2D eigenvalue weighted by Crippen LogP contribution is 2.30. The highest BCUT2D eigenvalue weighted by Gasteiger charge is 2.29. The average molecular weight is 342 g/mol. The molecule has 25 heavy (non-hydrogen) atoms. The van der Waals surface area contributed by atoms with E-state index in [4.69, 9.17) is 0 Å². The number of rotatable bonds is 4. The van der Waals surface area contributed by atoms with Crippen molar-refractivity contribution >= 4 is 0 Å². The lowest BCUT2D eigenvalue weighted by molar-refractivity contribution is 0.132. The normalized spacial score (nSPS) is 23.6. The molecule has 1 aliphatic heterocycles. The van der Waals surface area contributed by atoms with Crippen LogP contribution in [-0.4, -0.2) is 48.6 Å². The van der Waals surface area contributed by atoms with Crippen LogP contribution < -0.4 is 0 Å². The van der Waals surface area contributed by atoms with Crippen LogP contribution in [0.1, 0.15) is 68.9 Å². The van der Waals surface area contributed by atoms with E-state index >= 15 is 0 Å². The van der Waals surface area contributed by atoms with Crippen molar-refractivity contribution in [1.82, 2.24) is 29.4 Å². The minimum atomic E-state index is 0.515. The molecule has 6 nitrogen and oxygen atoms in total. The van der Waals surface area contributed by atoms with E-state index in [-0.39, 0.29) is 0 Å². The molecule has 0 N–H and O–H groups in total. The standard InChI is InChI=1S/C19H30N6/c1-23-18(15-25-13-7-11-20-25)21-22-19(23)16-8-6-12-24(14-16)17-9-4-2-3-5-10-17/h7,11,13,16-17H,2-6,8-10,12,14-15H2,1H3. The van der Waals surface area contributed by atoms with E-state index in [2.05, 4.69) is 31.8 Å². The summed E-state index contributed by atoms with van der Waals surface area (Å²) < 4.78 is 4.11. The van der Waals surface area contributed by atoms with Crippen molar-refractivity contribution in [3.8, 4) is 0 Å². The van der Waals surface area contributed by atoms with Gasteiger partial charge in [0.05, 0.1) is 0 Å². The fraction of sp³-hybridized carbons (Fsp3) is 0.737. The van der Waals surface area contributed by atoms with Gasteiger partial charge in [0.2, 0.25) is 0 Å². The lowest BCUT2D eigenvalue weighted by atomic mass is 9.94. The molecule has 1 saturated carbocycles. The molecule has 6 heteroatoms. The van der Waals surface area contributed by atoms with Crippen molar-refractivity contribution in [3.63, 3.8) is 0 Å². The predicted molar refractivity (Wildman–Crippen MR) is 97.4 cm³/mol. The zero-order chi connectivity index (χ0) is 17.1. The second-order valence-corrected chi connectivity index (χ2v) is 7.72. The molecule has 0 bridgehead atoms. The molecular formula is C19H30N6. The zero-order valence-electron chi connectivity index (χ0n) is 15.3. The molecular weight excluding hydrogens is 312 g/mol. The maximum atomic E-state index is 4.56. The molecule has 2 aromatic heterocycles. The highest BCUT2D eigenvalue weighted by molar-refractivity contribution is 5.05. The molecule has 2 aliphatic rings. The van der Waals surface area contributed by atoms with Gasteiger partial charge in [0.1, 0.15) is 12.4 Å². The number of aromatic nitrogens is 5. The number of hydrogen-bond acceptors (Lipinski definition) is 4. The Kier molecular flexibility index (Phi) is 5.15. The molecule has 2 aromatic rings. The molecule has 0 aromatic carbocycles. The Morgan fingerprint density at radius 1 is 1.04 bits per heavy atom. The molecule has 0 radical (unpaired) electrons. The third-order valence-corrected chi connectivity index (χ3v) is 6.02. The minimum Gasteiger partial charge on any atom is -0.316 e. The van der Waals surface area contributed by atoms with Crippen molar-refractivity contribution in [3.05, 3.63) is 30.1 Å². The van der Waals surface area contributed by atoms with Gasteiger partial charge < -0.3 is 4.57 Å². The molecule has 0 amide bonds. The summed E-state index contributed by atoms with van der Waals surface area (Å²) in [4.78, 5) is 2.75. The van der Waals surface area contributed by atoms with Crippen LogP contribution >= 0.6 is 0 Å². The Balaban J connectivity index is 1.45. The quantitative estimate of drug-likeness (QED) is 0.802. The topological polar surface area (TPSA) is 51.8 Å². The van der Waals surface area contributed by atoms with Gasteiger partial charge in [-0.25, -0.2) is 0 Å². The maximum absolute atomic E-state index is 4.56. The Hall–Kier alpha value is -1.69. The van der Waals surface area contributed by atoms with Crippen molar-refractivity contribution < 1.29 is 0 Å². The summed E-state index contributed by atoms with van der Waals surface area (Å²) in [5.74, 6) is 2.66. The zero-order valence-corrected chi connectivity index (χ0v) is 15.3. The molecule has 136 valence electrons. The summed E-state index contributed by atoms with van der Waals surface area (Å²) in [6.45, 7) is 3.10. The van der Waals surface area contributed by atoms with E-state index in [1.165, 1.54) is 57.9 Å². The van der Waals surface area contributed by atoms with Crippen LogP contribution in [-0.2, 0) is 13.6 Å². The Labute approximate surface area is 150 Å². The summed E-state index contributed by atoms with van der Waals surface area (Å²) in [5, 5.41) is 13.3. The summed E-state index contributed by atoms with van der Waals surface area (Å²) in [7, 11) is 2.11. The van der Waals surface area contributed by atoms with Crippen LogP contribution in [0.2, 0.25) is 0 Å². The fourth-order valence-electron chi connectivity index (χ4n) is 4.58. The van der Waals surface area contributed by atoms with Gasteiger partial charge >= 0.3 is 0 Å². The summed E-state index contributed by atoms with van der Waals surface area (Å²) in [5.41, 5.74) is 0. The van der Waals surface area contributed by atoms with E-state index in [0.717, 1.165) is 24.2 Å². The van der Waals surface area contributed by atoms with E-state index in [0.29, 0.717) is 12.5 Å². The monoisotopic (exact) mass is 342 g/mol. The highest BCUT2D eigenvalue weighted by atomic mass is 15.3. The molecule has 1 aliphatic carbocycles. The van der Waals surface area contributed by atoms with Gasteiger partial charge in [-0.1, -0.05) is 25.7 Å². The fourth-order valence-corrected chi connectivity index (χ4v) is 4.58. The molecule has 4 rings (SSSR count). The number of likely N-dealkylation sites (tertiary alicyclic amines) is 1. The molecule has 1 unspecified atom stereocenters. The van der Waals surface area contributed by atoms with Crippen LogP contribution in [0.5, 0.6) is 0 Å². The third-order valence-electron chi connectivity index (χ3n) is 6.02. The largest absolute Gasteiger partial charge is 0.316 e. The van der Waals surface area contributed by atoms with Gasteiger partial charge in [-0.05, 0) is 38.3 Å².